The van der Waals surface area contributed by atoms with Crippen LogP contribution in [0.5, 0.6) is 5.75 Å². The van der Waals surface area contributed by atoms with Gasteiger partial charge in [0, 0.05) is 0 Å². The number of ether oxygens (including phenoxy) is 1. The molecule has 0 aliphatic rings. The molecule has 0 aromatic heterocycles. The number of alkyl halides is 3. The van der Waals surface area contributed by atoms with E-state index in [0.29, 0.717) is 11.1 Å². The van der Waals surface area contributed by atoms with Crippen LogP contribution in [0.3, 0.4) is 0 Å². The van der Waals surface area contributed by atoms with Crippen LogP contribution in [0.25, 0.3) is 0 Å². The van der Waals surface area contributed by atoms with E-state index < -0.39 is 12.4 Å². The molecule has 0 spiro atoms. The third-order valence-electron chi connectivity index (χ3n) is 2.70. The summed E-state index contributed by atoms with van der Waals surface area (Å²) in [5.41, 5.74) is 7.22. The zero-order valence-electron chi connectivity index (χ0n) is 10.2. The van der Waals surface area contributed by atoms with Crippen LogP contribution in [-0.4, -0.2) is 6.36 Å². The summed E-state index contributed by atoms with van der Waals surface area (Å²) in [7, 11) is 0. The highest BCUT2D eigenvalue weighted by Crippen LogP contribution is 2.26. The monoisotopic (exact) mass is 285 g/mol. The average molecular weight is 285 g/mol. The van der Waals surface area contributed by atoms with Gasteiger partial charge in [-0.25, -0.2) is 4.39 Å². The summed E-state index contributed by atoms with van der Waals surface area (Å²) in [6.45, 7) is 0. The Kier molecular flexibility index (Phi) is 3.94. The number of hydrogen-bond donors (Lipinski definition) is 1. The molecule has 0 radical (unpaired) electrons. The van der Waals surface area contributed by atoms with Crippen molar-refractivity contribution in [2.75, 3.05) is 0 Å². The van der Waals surface area contributed by atoms with Crippen LogP contribution in [0.2, 0.25) is 0 Å². The summed E-state index contributed by atoms with van der Waals surface area (Å²) in [5.74, 6) is -0.692. The molecule has 1 atom stereocenters. The van der Waals surface area contributed by atoms with Crippen molar-refractivity contribution in [2.45, 2.75) is 12.4 Å². The van der Waals surface area contributed by atoms with Crippen LogP contribution in [0.4, 0.5) is 17.6 Å². The summed E-state index contributed by atoms with van der Waals surface area (Å²) in [6, 6.07) is 10.3. The van der Waals surface area contributed by atoms with Crippen molar-refractivity contribution in [3.05, 3.63) is 65.5 Å². The maximum absolute atomic E-state index is 12.8. The Labute approximate surface area is 112 Å². The van der Waals surface area contributed by atoms with Crippen molar-refractivity contribution < 1.29 is 22.3 Å². The van der Waals surface area contributed by atoms with E-state index in [0.717, 1.165) is 0 Å². The summed E-state index contributed by atoms with van der Waals surface area (Å²) < 4.78 is 52.6. The Morgan fingerprint density at radius 1 is 0.850 bits per heavy atom. The van der Waals surface area contributed by atoms with Gasteiger partial charge in [-0.15, -0.1) is 13.2 Å². The van der Waals surface area contributed by atoms with Crippen molar-refractivity contribution in [2.24, 2.45) is 5.73 Å². The van der Waals surface area contributed by atoms with Crippen LogP contribution >= 0.6 is 0 Å². The molecule has 0 saturated carbocycles. The lowest BCUT2D eigenvalue weighted by Crippen LogP contribution is -2.17. The molecule has 0 heterocycles. The first-order valence-electron chi connectivity index (χ1n) is 5.72. The van der Waals surface area contributed by atoms with E-state index in [1.54, 1.807) is 0 Å². The summed E-state index contributed by atoms with van der Waals surface area (Å²) >= 11 is 0. The number of halogens is 4. The molecule has 6 heteroatoms. The minimum atomic E-state index is -4.72. The molecule has 0 aliphatic carbocycles. The SMILES string of the molecule is N[C@H](c1ccc(F)cc1)c1ccc(OC(F)(F)F)cc1. The van der Waals surface area contributed by atoms with Crippen molar-refractivity contribution >= 4 is 0 Å². The van der Waals surface area contributed by atoms with Gasteiger partial charge in [0.1, 0.15) is 11.6 Å². The van der Waals surface area contributed by atoms with Crippen molar-refractivity contribution in [3.63, 3.8) is 0 Å². The molecule has 0 amide bonds. The van der Waals surface area contributed by atoms with Crippen molar-refractivity contribution in [1.82, 2.24) is 0 Å². The first-order chi connectivity index (χ1) is 9.35. The summed E-state index contributed by atoms with van der Waals surface area (Å²) in [4.78, 5) is 0. The first-order valence-corrected chi connectivity index (χ1v) is 5.72. The van der Waals surface area contributed by atoms with Gasteiger partial charge in [-0.05, 0) is 35.4 Å². The van der Waals surface area contributed by atoms with Gasteiger partial charge >= 0.3 is 6.36 Å². The van der Waals surface area contributed by atoms with Crippen molar-refractivity contribution in [1.29, 1.82) is 0 Å². The molecule has 2 rings (SSSR count). The number of benzene rings is 2. The second-order valence-corrected chi connectivity index (χ2v) is 4.15. The molecule has 0 fully saturated rings. The molecular weight excluding hydrogens is 274 g/mol. The van der Waals surface area contributed by atoms with Gasteiger partial charge in [0.25, 0.3) is 0 Å². The van der Waals surface area contributed by atoms with E-state index in [2.05, 4.69) is 4.74 Å². The molecule has 0 bridgehead atoms. The maximum Gasteiger partial charge on any atom is 0.573 e. The van der Waals surface area contributed by atoms with Crippen LogP contribution in [0, 0.1) is 5.82 Å². The lowest BCUT2D eigenvalue weighted by atomic mass is 10.00. The fraction of sp³-hybridized carbons (Fsp3) is 0.143. The van der Waals surface area contributed by atoms with Crippen molar-refractivity contribution in [3.8, 4) is 5.75 Å². The van der Waals surface area contributed by atoms with Gasteiger partial charge < -0.3 is 10.5 Å². The van der Waals surface area contributed by atoms with Gasteiger partial charge in [-0.1, -0.05) is 24.3 Å². The maximum atomic E-state index is 12.8. The normalized spacial score (nSPS) is 13.1. The molecule has 2 aromatic carbocycles. The lowest BCUT2D eigenvalue weighted by Gasteiger charge is -2.14. The molecule has 106 valence electrons. The molecule has 2 N–H and O–H groups in total. The third-order valence-corrected chi connectivity index (χ3v) is 2.70. The van der Waals surface area contributed by atoms with Gasteiger partial charge in [0.05, 0.1) is 6.04 Å². The fourth-order valence-corrected chi connectivity index (χ4v) is 1.74. The largest absolute Gasteiger partial charge is 0.573 e. The standard InChI is InChI=1S/C14H11F4NO/c15-11-5-1-9(2-6-11)13(19)10-3-7-12(8-4-10)20-14(16,17)18/h1-8,13H,19H2/t13-/m1/s1. The quantitative estimate of drug-likeness (QED) is 0.871. The second kappa shape index (κ2) is 5.50. The Morgan fingerprint density at radius 2 is 1.30 bits per heavy atom. The highest BCUT2D eigenvalue weighted by molar-refractivity contribution is 5.35. The second-order valence-electron chi connectivity index (χ2n) is 4.15. The molecule has 2 nitrogen and oxygen atoms in total. The van der Waals surface area contributed by atoms with E-state index in [1.165, 1.54) is 48.5 Å². The zero-order chi connectivity index (χ0) is 14.8. The van der Waals surface area contributed by atoms with Crippen LogP contribution in [0.1, 0.15) is 17.2 Å². The smallest absolute Gasteiger partial charge is 0.406 e. The van der Waals surface area contributed by atoms with Gasteiger partial charge in [-0.3, -0.25) is 0 Å². The van der Waals surface area contributed by atoms with E-state index in [1.807, 2.05) is 0 Å². The van der Waals surface area contributed by atoms with E-state index in [9.17, 15) is 17.6 Å². The molecule has 0 unspecified atom stereocenters. The summed E-state index contributed by atoms with van der Waals surface area (Å²) in [5, 5.41) is 0. The predicted octanol–water partition coefficient (Wildman–Crippen LogP) is 3.77. The molecule has 0 saturated heterocycles. The van der Waals surface area contributed by atoms with Gasteiger partial charge in [0.15, 0.2) is 0 Å². The Morgan fingerprint density at radius 3 is 1.75 bits per heavy atom. The van der Waals surface area contributed by atoms with Crippen LogP contribution in [0.15, 0.2) is 48.5 Å². The number of hydrogen-bond acceptors (Lipinski definition) is 2. The van der Waals surface area contributed by atoms with E-state index >= 15 is 0 Å². The lowest BCUT2D eigenvalue weighted by molar-refractivity contribution is -0.274. The van der Waals surface area contributed by atoms with Gasteiger partial charge in [0.2, 0.25) is 0 Å². The van der Waals surface area contributed by atoms with E-state index in [4.69, 9.17) is 5.73 Å². The molecule has 0 aliphatic heterocycles. The Hall–Kier alpha value is -2.08. The number of rotatable bonds is 3. The predicted molar refractivity (Wildman–Crippen MR) is 65.6 cm³/mol. The highest BCUT2D eigenvalue weighted by Gasteiger charge is 2.31. The average Bonchev–Trinajstić information content (AvgIpc) is 2.38. The van der Waals surface area contributed by atoms with Gasteiger partial charge in [-0.2, -0.15) is 0 Å². The third kappa shape index (κ3) is 3.71. The van der Waals surface area contributed by atoms with Crippen LogP contribution in [-0.2, 0) is 0 Å². The van der Waals surface area contributed by atoms with E-state index in [-0.39, 0.29) is 11.6 Å². The highest BCUT2D eigenvalue weighted by atomic mass is 19.4. The topological polar surface area (TPSA) is 35.2 Å². The number of nitrogens with two attached hydrogens (primary N) is 1. The first kappa shape index (κ1) is 14.3. The molecular formula is C14H11F4NO. The molecule has 2 aromatic rings. The Bertz CT molecular complexity index is 563. The van der Waals surface area contributed by atoms with Crippen LogP contribution < -0.4 is 10.5 Å². The minimum absolute atomic E-state index is 0.312. The fourth-order valence-electron chi connectivity index (χ4n) is 1.74. The molecule has 20 heavy (non-hydrogen) atoms. The Balaban J connectivity index is 2.15. The summed E-state index contributed by atoms with van der Waals surface area (Å²) in [6.07, 6.45) is -4.72. The zero-order valence-corrected chi connectivity index (χ0v) is 10.2. The minimum Gasteiger partial charge on any atom is -0.406 e.